The third-order valence-corrected chi connectivity index (χ3v) is 8.83. The second kappa shape index (κ2) is 9.59. The van der Waals surface area contributed by atoms with Crippen LogP contribution in [0.25, 0.3) is 0 Å². The summed E-state index contributed by atoms with van der Waals surface area (Å²) in [5.74, 6) is -0.922. The molecule has 4 unspecified atom stereocenters. The number of benzene rings is 3. The summed E-state index contributed by atoms with van der Waals surface area (Å²) in [6.45, 7) is 0.977. The van der Waals surface area contributed by atoms with Crippen LogP contribution in [0, 0.1) is 11.8 Å². The quantitative estimate of drug-likeness (QED) is 0.488. The second-order valence-electron chi connectivity index (χ2n) is 10.8. The number of carbonyl (C=O) groups is 2. The van der Waals surface area contributed by atoms with E-state index in [0.717, 1.165) is 36.1 Å². The van der Waals surface area contributed by atoms with Crippen LogP contribution in [-0.2, 0) is 28.0 Å². The number of primary amides is 1. The lowest BCUT2D eigenvalue weighted by atomic mass is 9.71. The summed E-state index contributed by atoms with van der Waals surface area (Å²) in [7, 11) is 0. The Morgan fingerprint density at radius 2 is 1.82 bits per heavy atom. The molecule has 6 rings (SSSR count). The van der Waals surface area contributed by atoms with Gasteiger partial charge in [0.15, 0.2) is 0 Å². The number of aliphatic imine (C=N–C) groups is 1. The molecule has 3 aromatic rings. The molecule has 38 heavy (non-hydrogen) atoms. The van der Waals surface area contributed by atoms with Crippen molar-refractivity contribution < 1.29 is 14.7 Å². The van der Waals surface area contributed by atoms with E-state index in [1.54, 1.807) is 12.1 Å². The number of aromatic hydroxyl groups is 1. The molecule has 2 heterocycles. The maximum Gasteiger partial charge on any atom is 0.226 e. The lowest BCUT2D eigenvalue weighted by Gasteiger charge is -2.29. The molecule has 1 saturated heterocycles. The predicted octanol–water partition coefficient (Wildman–Crippen LogP) is 4.64. The van der Waals surface area contributed by atoms with Gasteiger partial charge in [0, 0.05) is 35.9 Å². The Morgan fingerprint density at radius 1 is 1.08 bits per heavy atom. The minimum absolute atomic E-state index is 0.0186. The predicted molar refractivity (Wildman–Crippen MR) is 147 cm³/mol. The highest BCUT2D eigenvalue weighted by Crippen LogP contribution is 2.51. The van der Waals surface area contributed by atoms with Crippen LogP contribution in [0.1, 0.15) is 41.5 Å². The standard InChI is InChI=1S/C31H30ClN3O3/c32-22-9-5-19(6-10-22)17-35-18-25(24(30(35)38)15-28(33)37)27-16-31(14-13-20-3-1-2-4-26(20)31)29(34-27)21-7-11-23(36)12-8-21/h1-12,24-25,27,36H,13-18H2,(H2,33,37). The molecular weight excluding hydrogens is 498 g/mol. The van der Waals surface area contributed by atoms with E-state index in [-0.39, 0.29) is 35.5 Å². The van der Waals surface area contributed by atoms with E-state index in [2.05, 4.69) is 24.3 Å². The number of halogens is 1. The Morgan fingerprint density at radius 3 is 2.55 bits per heavy atom. The Labute approximate surface area is 227 Å². The first-order valence-electron chi connectivity index (χ1n) is 13.1. The number of rotatable bonds is 6. The highest BCUT2D eigenvalue weighted by atomic mass is 35.5. The molecule has 0 bridgehead atoms. The Balaban J connectivity index is 1.37. The molecule has 0 radical (unpaired) electrons. The minimum atomic E-state index is -0.499. The van der Waals surface area contributed by atoms with Gasteiger partial charge in [-0.2, -0.15) is 0 Å². The number of hydrogen-bond donors (Lipinski definition) is 2. The first-order chi connectivity index (χ1) is 18.3. The van der Waals surface area contributed by atoms with Gasteiger partial charge in [-0.3, -0.25) is 14.6 Å². The van der Waals surface area contributed by atoms with Crippen LogP contribution in [-0.4, -0.2) is 40.1 Å². The first kappa shape index (κ1) is 24.7. The summed E-state index contributed by atoms with van der Waals surface area (Å²) in [5.41, 5.74) is 11.0. The number of nitrogens with zero attached hydrogens (tertiary/aromatic N) is 2. The molecule has 1 aliphatic carbocycles. The highest BCUT2D eigenvalue weighted by Gasteiger charge is 2.54. The molecule has 1 fully saturated rings. The van der Waals surface area contributed by atoms with Gasteiger partial charge in [-0.1, -0.05) is 48.0 Å². The molecule has 4 atom stereocenters. The lowest BCUT2D eigenvalue weighted by Crippen LogP contribution is -2.34. The number of carbonyl (C=O) groups excluding carboxylic acids is 2. The number of aryl methyl sites for hydroxylation is 1. The summed E-state index contributed by atoms with van der Waals surface area (Å²) in [6, 6.07) is 23.2. The molecule has 6 nitrogen and oxygen atoms in total. The number of fused-ring (bicyclic) bond motifs is 2. The molecule has 1 spiro atoms. The third kappa shape index (κ3) is 4.27. The Hall–Kier alpha value is -3.64. The van der Waals surface area contributed by atoms with Crippen LogP contribution in [0.3, 0.4) is 0 Å². The van der Waals surface area contributed by atoms with Crippen molar-refractivity contribution in [1.29, 1.82) is 0 Å². The molecule has 3 N–H and O–H groups in total. The fourth-order valence-electron chi connectivity index (χ4n) is 6.84. The summed E-state index contributed by atoms with van der Waals surface area (Å²) in [6.07, 6.45) is 2.71. The fourth-order valence-corrected chi connectivity index (χ4v) is 6.97. The monoisotopic (exact) mass is 527 g/mol. The number of hydrogen-bond acceptors (Lipinski definition) is 4. The van der Waals surface area contributed by atoms with Crippen LogP contribution in [0.5, 0.6) is 5.75 Å². The summed E-state index contributed by atoms with van der Waals surface area (Å²) >= 11 is 6.05. The lowest BCUT2D eigenvalue weighted by molar-refractivity contribution is -0.134. The van der Waals surface area contributed by atoms with Gasteiger partial charge in [0.2, 0.25) is 11.8 Å². The van der Waals surface area contributed by atoms with E-state index in [0.29, 0.717) is 18.1 Å². The van der Waals surface area contributed by atoms with Gasteiger partial charge in [-0.25, -0.2) is 0 Å². The van der Waals surface area contributed by atoms with Gasteiger partial charge in [0.25, 0.3) is 0 Å². The maximum absolute atomic E-state index is 13.6. The average Bonchev–Trinajstić information content (AvgIpc) is 3.57. The van der Waals surface area contributed by atoms with Gasteiger partial charge < -0.3 is 15.7 Å². The van der Waals surface area contributed by atoms with Crippen LogP contribution >= 0.6 is 11.6 Å². The van der Waals surface area contributed by atoms with Gasteiger partial charge in [0.1, 0.15) is 5.75 Å². The van der Waals surface area contributed by atoms with Gasteiger partial charge >= 0.3 is 0 Å². The van der Waals surface area contributed by atoms with E-state index in [4.69, 9.17) is 22.3 Å². The second-order valence-corrected chi connectivity index (χ2v) is 11.3. The fraction of sp³-hybridized carbons (Fsp3) is 0.323. The van der Waals surface area contributed by atoms with Crippen molar-refractivity contribution in [2.45, 2.75) is 43.7 Å². The first-order valence-corrected chi connectivity index (χ1v) is 13.5. The summed E-state index contributed by atoms with van der Waals surface area (Å²) < 4.78 is 0. The van der Waals surface area contributed by atoms with E-state index in [1.807, 2.05) is 41.3 Å². The summed E-state index contributed by atoms with van der Waals surface area (Å²) in [4.78, 5) is 32.8. The van der Waals surface area contributed by atoms with E-state index < -0.39 is 11.8 Å². The zero-order valence-corrected chi connectivity index (χ0v) is 21.8. The van der Waals surface area contributed by atoms with Crippen molar-refractivity contribution in [3.8, 4) is 5.75 Å². The molecule has 0 saturated carbocycles. The van der Waals surface area contributed by atoms with Gasteiger partial charge in [-0.05, 0) is 77.9 Å². The Kier molecular flexibility index (Phi) is 6.23. The molecule has 2 aliphatic heterocycles. The molecule has 2 amide bonds. The summed E-state index contributed by atoms with van der Waals surface area (Å²) in [5, 5.41) is 10.6. The minimum Gasteiger partial charge on any atom is -0.508 e. The average molecular weight is 528 g/mol. The molecule has 7 heteroatoms. The van der Waals surface area contributed by atoms with Crippen molar-refractivity contribution in [3.05, 3.63) is 100 Å². The van der Waals surface area contributed by atoms with Crippen molar-refractivity contribution in [2.24, 2.45) is 22.6 Å². The number of likely N-dealkylation sites (tertiary alicyclic amines) is 1. The van der Waals surface area contributed by atoms with Crippen LogP contribution in [0.15, 0.2) is 77.8 Å². The third-order valence-electron chi connectivity index (χ3n) is 8.58. The van der Waals surface area contributed by atoms with Crippen LogP contribution < -0.4 is 5.73 Å². The highest BCUT2D eigenvalue weighted by molar-refractivity contribution is 6.30. The molecule has 194 valence electrons. The zero-order valence-electron chi connectivity index (χ0n) is 21.0. The van der Waals surface area contributed by atoms with Crippen molar-refractivity contribution >= 4 is 29.1 Å². The van der Waals surface area contributed by atoms with Crippen LogP contribution in [0.4, 0.5) is 0 Å². The molecular formula is C31H30ClN3O3. The largest absolute Gasteiger partial charge is 0.508 e. The van der Waals surface area contributed by atoms with Gasteiger partial charge in [0.05, 0.1) is 17.7 Å². The normalized spacial score (nSPS) is 26.1. The number of nitrogens with two attached hydrogens (primary N) is 1. The van der Waals surface area contributed by atoms with Crippen molar-refractivity contribution in [3.63, 3.8) is 0 Å². The number of amides is 2. The topological polar surface area (TPSA) is 96.0 Å². The Bertz CT molecular complexity index is 1420. The molecule has 3 aromatic carbocycles. The van der Waals surface area contributed by atoms with E-state index in [1.165, 1.54) is 11.1 Å². The zero-order chi connectivity index (χ0) is 26.4. The number of phenolic OH excluding ortho intramolecular Hbond substituents is 1. The molecule has 3 aliphatic rings. The van der Waals surface area contributed by atoms with Crippen molar-refractivity contribution in [2.75, 3.05) is 6.54 Å². The van der Waals surface area contributed by atoms with Crippen molar-refractivity contribution in [1.82, 2.24) is 4.90 Å². The smallest absolute Gasteiger partial charge is 0.226 e. The van der Waals surface area contributed by atoms with E-state index in [9.17, 15) is 14.7 Å². The SMILES string of the molecule is NC(=O)CC1C(=O)N(Cc2ccc(Cl)cc2)CC1C1CC2(CCc3ccccc32)C(c2ccc(O)cc2)=N1. The maximum atomic E-state index is 13.6. The number of phenols is 1. The van der Waals surface area contributed by atoms with E-state index >= 15 is 0 Å². The van der Waals surface area contributed by atoms with Gasteiger partial charge in [-0.15, -0.1) is 0 Å². The van der Waals surface area contributed by atoms with Crippen LogP contribution in [0.2, 0.25) is 5.02 Å². The molecule has 0 aromatic heterocycles.